The van der Waals surface area contributed by atoms with E-state index in [9.17, 15) is 28.6 Å². The summed E-state index contributed by atoms with van der Waals surface area (Å²) < 4.78 is 30.6. The van der Waals surface area contributed by atoms with Gasteiger partial charge in [-0.3, -0.25) is 4.79 Å². The molecule has 1 amide bonds. The van der Waals surface area contributed by atoms with E-state index in [2.05, 4.69) is 33.2 Å². The van der Waals surface area contributed by atoms with E-state index in [1.165, 1.54) is 0 Å². The number of halogens is 3. The highest BCUT2D eigenvalue weighted by Crippen LogP contribution is 2.40. The standard InChI is InChI=1S/C19H17F2IN2O4/c1-7-5-9(22)3-4-10(7)23-17-14(19(27)28)12-8(2)11(6-25)24-18(26)13(12)15(20)16(17)21/h3-5,8,11,23,25H,6H2,1-2H3,(H,24,26)(H,27,28). The summed E-state index contributed by atoms with van der Waals surface area (Å²) in [5.74, 6) is -6.07. The zero-order valence-corrected chi connectivity index (χ0v) is 17.1. The SMILES string of the molecule is Cc1cc(I)ccc1Nc1c(F)c(F)c2c(c1C(=O)O)C(C)C(CO)NC2=O. The number of amides is 1. The number of benzene rings is 2. The minimum atomic E-state index is -1.50. The fourth-order valence-corrected chi connectivity index (χ4v) is 4.04. The smallest absolute Gasteiger partial charge is 0.338 e. The molecule has 0 radical (unpaired) electrons. The molecular weight excluding hydrogens is 485 g/mol. The second kappa shape index (κ2) is 7.63. The Kier molecular flexibility index (Phi) is 5.57. The highest BCUT2D eigenvalue weighted by atomic mass is 127. The van der Waals surface area contributed by atoms with E-state index in [4.69, 9.17) is 0 Å². The van der Waals surface area contributed by atoms with Crippen LogP contribution in [0.3, 0.4) is 0 Å². The van der Waals surface area contributed by atoms with E-state index in [-0.39, 0.29) is 5.56 Å². The van der Waals surface area contributed by atoms with Crippen molar-refractivity contribution in [2.24, 2.45) is 0 Å². The monoisotopic (exact) mass is 502 g/mol. The Morgan fingerprint density at radius 3 is 2.57 bits per heavy atom. The number of hydrogen-bond acceptors (Lipinski definition) is 4. The number of hydrogen-bond donors (Lipinski definition) is 4. The van der Waals surface area contributed by atoms with Gasteiger partial charge in [0, 0.05) is 15.2 Å². The van der Waals surface area contributed by atoms with E-state index in [1.54, 1.807) is 32.0 Å². The molecule has 1 aliphatic rings. The molecule has 0 aliphatic carbocycles. The first-order chi connectivity index (χ1) is 13.2. The Balaban J connectivity index is 2.29. The highest BCUT2D eigenvalue weighted by molar-refractivity contribution is 14.1. The van der Waals surface area contributed by atoms with E-state index in [0.29, 0.717) is 11.3 Å². The van der Waals surface area contributed by atoms with Crippen LogP contribution in [0.5, 0.6) is 0 Å². The molecule has 1 aliphatic heterocycles. The summed E-state index contributed by atoms with van der Waals surface area (Å²) in [6, 6.07) is 4.36. The van der Waals surface area contributed by atoms with Gasteiger partial charge in [0.2, 0.25) is 0 Å². The highest BCUT2D eigenvalue weighted by Gasteiger charge is 2.40. The van der Waals surface area contributed by atoms with Gasteiger partial charge in [0.25, 0.3) is 5.91 Å². The van der Waals surface area contributed by atoms with Crippen LogP contribution < -0.4 is 10.6 Å². The summed E-state index contributed by atoms with van der Waals surface area (Å²) in [5, 5.41) is 24.3. The quantitative estimate of drug-likeness (QED) is 0.480. The van der Waals surface area contributed by atoms with Gasteiger partial charge in [-0.15, -0.1) is 0 Å². The summed E-state index contributed by atoms with van der Waals surface area (Å²) in [6.07, 6.45) is 0. The number of carboxylic acids is 1. The van der Waals surface area contributed by atoms with Crippen LogP contribution in [-0.4, -0.2) is 34.7 Å². The molecular formula is C19H17F2IN2O4. The molecule has 4 N–H and O–H groups in total. The van der Waals surface area contributed by atoms with Crippen molar-refractivity contribution in [1.82, 2.24) is 5.32 Å². The van der Waals surface area contributed by atoms with E-state index in [1.807, 2.05) is 0 Å². The number of carbonyl (C=O) groups is 2. The largest absolute Gasteiger partial charge is 0.478 e. The number of carbonyl (C=O) groups excluding carboxylic acids is 1. The topological polar surface area (TPSA) is 98.7 Å². The van der Waals surface area contributed by atoms with Gasteiger partial charge in [-0.05, 0) is 58.8 Å². The summed E-state index contributed by atoms with van der Waals surface area (Å²) in [6.45, 7) is 2.82. The molecule has 2 aromatic rings. The van der Waals surface area contributed by atoms with Crippen LogP contribution in [0.25, 0.3) is 0 Å². The van der Waals surface area contributed by atoms with Crippen LogP contribution in [0.1, 0.15) is 44.7 Å². The number of carboxylic acid groups (broad SMARTS) is 1. The minimum Gasteiger partial charge on any atom is -0.478 e. The Bertz CT molecular complexity index is 997. The van der Waals surface area contributed by atoms with Crippen molar-refractivity contribution in [3.05, 3.63) is 55.7 Å². The van der Waals surface area contributed by atoms with Crippen molar-refractivity contribution in [1.29, 1.82) is 0 Å². The molecule has 0 saturated carbocycles. The number of rotatable bonds is 4. The summed E-state index contributed by atoms with van der Waals surface area (Å²) in [7, 11) is 0. The lowest BCUT2D eigenvalue weighted by Crippen LogP contribution is -2.47. The number of anilines is 2. The molecule has 148 valence electrons. The molecule has 0 fully saturated rings. The van der Waals surface area contributed by atoms with E-state index in [0.717, 1.165) is 3.57 Å². The number of aryl methyl sites for hydroxylation is 1. The zero-order valence-electron chi connectivity index (χ0n) is 14.9. The summed E-state index contributed by atoms with van der Waals surface area (Å²) >= 11 is 2.10. The average Bonchev–Trinajstić information content (AvgIpc) is 2.63. The van der Waals surface area contributed by atoms with Gasteiger partial charge in [0.1, 0.15) is 0 Å². The van der Waals surface area contributed by atoms with Crippen LogP contribution in [0.15, 0.2) is 18.2 Å². The Morgan fingerprint density at radius 1 is 1.32 bits per heavy atom. The van der Waals surface area contributed by atoms with Crippen LogP contribution in [-0.2, 0) is 0 Å². The van der Waals surface area contributed by atoms with Crippen molar-refractivity contribution < 1.29 is 28.6 Å². The first-order valence-electron chi connectivity index (χ1n) is 8.40. The molecule has 1 heterocycles. The van der Waals surface area contributed by atoms with E-state index >= 15 is 0 Å². The molecule has 2 aromatic carbocycles. The minimum absolute atomic E-state index is 0.139. The van der Waals surface area contributed by atoms with Gasteiger partial charge in [-0.1, -0.05) is 6.92 Å². The molecule has 9 heteroatoms. The van der Waals surface area contributed by atoms with Gasteiger partial charge in [-0.25, -0.2) is 13.6 Å². The number of aliphatic hydroxyl groups excluding tert-OH is 1. The van der Waals surface area contributed by atoms with Crippen molar-refractivity contribution in [3.63, 3.8) is 0 Å². The third-order valence-corrected chi connectivity index (χ3v) is 5.55. The third kappa shape index (κ3) is 3.32. The summed E-state index contributed by atoms with van der Waals surface area (Å²) in [5.41, 5.74) is -0.733. The molecule has 6 nitrogen and oxygen atoms in total. The van der Waals surface area contributed by atoms with Gasteiger partial charge in [0.15, 0.2) is 11.6 Å². The molecule has 3 rings (SSSR count). The molecule has 0 spiro atoms. The van der Waals surface area contributed by atoms with Gasteiger partial charge < -0.3 is 20.8 Å². The fourth-order valence-electron chi connectivity index (χ4n) is 3.40. The first kappa shape index (κ1) is 20.5. The maximum absolute atomic E-state index is 14.9. The lowest BCUT2D eigenvalue weighted by atomic mass is 9.81. The van der Waals surface area contributed by atoms with Gasteiger partial charge in [0.05, 0.1) is 29.5 Å². The summed E-state index contributed by atoms with van der Waals surface area (Å²) in [4.78, 5) is 24.3. The van der Waals surface area contributed by atoms with Crippen LogP contribution in [0.2, 0.25) is 0 Å². The molecule has 0 aromatic heterocycles. The van der Waals surface area contributed by atoms with Gasteiger partial charge >= 0.3 is 5.97 Å². The van der Waals surface area contributed by atoms with Crippen LogP contribution in [0, 0.1) is 22.1 Å². The fraction of sp³-hybridized carbons (Fsp3) is 0.263. The first-order valence-corrected chi connectivity index (χ1v) is 9.48. The molecule has 0 bridgehead atoms. The second-order valence-electron chi connectivity index (χ2n) is 6.61. The Morgan fingerprint density at radius 2 is 2.00 bits per heavy atom. The van der Waals surface area contributed by atoms with Crippen molar-refractivity contribution in [3.8, 4) is 0 Å². The Hall–Kier alpha value is -2.27. The van der Waals surface area contributed by atoms with E-state index < -0.39 is 58.9 Å². The van der Waals surface area contributed by atoms with Crippen molar-refractivity contribution in [2.45, 2.75) is 25.8 Å². The third-order valence-electron chi connectivity index (χ3n) is 4.88. The maximum Gasteiger partial charge on any atom is 0.338 e. The molecule has 2 atom stereocenters. The lowest BCUT2D eigenvalue weighted by Gasteiger charge is -2.33. The lowest BCUT2D eigenvalue weighted by molar-refractivity contribution is 0.0694. The normalized spacial score (nSPS) is 18.4. The zero-order chi connectivity index (χ0) is 20.7. The number of fused-ring (bicyclic) bond motifs is 1. The number of aliphatic hydroxyl groups is 1. The predicted molar refractivity (Wildman–Crippen MR) is 107 cm³/mol. The molecule has 28 heavy (non-hydrogen) atoms. The van der Waals surface area contributed by atoms with Crippen LogP contribution >= 0.6 is 22.6 Å². The van der Waals surface area contributed by atoms with Crippen molar-refractivity contribution in [2.75, 3.05) is 11.9 Å². The van der Waals surface area contributed by atoms with Crippen LogP contribution in [0.4, 0.5) is 20.2 Å². The Labute approximate surface area is 173 Å². The maximum atomic E-state index is 14.9. The van der Waals surface area contributed by atoms with Gasteiger partial charge in [-0.2, -0.15) is 0 Å². The average molecular weight is 502 g/mol. The molecule has 0 saturated heterocycles. The molecule has 2 unspecified atom stereocenters. The number of aromatic carboxylic acids is 1. The second-order valence-corrected chi connectivity index (χ2v) is 7.85. The van der Waals surface area contributed by atoms with Crippen molar-refractivity contribution >= 4 is 45.8 Å². The predicted octanol–water partition coefficient (Wildman–Crippen LogP) is 3.53. The number of nitrogens with one attached hydrogen (secondary N) is 2.